The Hall–Kier alpha value is -4.64. The van der Waals surface area contributed by atoms with Crippen molar-refractivity contribution in [2.45, 2.75) is 38.5 Å². The molecule has 2 aliphatic heterocycles. The first-order valence-corrected chi connectivity index (χ1v) is 16.7. The van der Waals surface area contributed by atoms with Crippen LogP contribution in [0.4, 0.5) is 0 Å². The molecule has 286 valence electrons. The molecule has 0 aromatic heterocycles. The molecule has 0 unspecified atom stereocenters. The molecule has 18 nitrogen and oxygen atoms in total. The minimum atomic E-state index is -0.724. The zero-order chi connectivity index (χ0) is 37.4. The smallest absolute Gasteiger partial charge is 0.335 e. The Morgan fingerprint density at radius 1 is 0.500 bits per heavy atom. The Morgan fingerprint density at radius 2 is 0.808 bits per heavy atom. The largest absolute Gasteiger partial charge is 0.491 e. The van der Waals surface area contributed by atoms with Crippen LogP contribution in [0.25, 0.3) is 0 Å². The zero-order valence-corrected chi connectivity index (χ0v) is 28.9. The van der Waals surface area contributed by atoms with E-state index in [1.165, 1.54) is 0 Å². The van der Waals surface area contributed by atoms with E-state index < -0.39 is 35.6 Å². The molecule has 0 bridgehead atoms. The van der Waals surface area contributed by atoms with Crippen molar-refractivity contribution in [2.75, 3.05) is 92.5 Å². The van der Waals surface area contributed by atoms with Crippen molar-refractivity contribution in [3.8, 4) is 23.8 Å². The number of hydroxylamine groups is 4. The summed E-state index contributed by atoms with van der Waals surface area (Å²) in [6.07, 6.45) is 5.52. The zero-order valence-electron chi connectivity index (χ0n) is 28.9. The molecule has 0 aliphatic carbocycles. The van der Waals surface area contributed by atoms with Crippen molar-refractivity contribution in [1.29, 1.82) is 0 Å². The van der Waals surface area contributed by atoms with Crippen molar-refractivity contribution in [3.63, 3.8) is 0 Å². The van der Waals surface area contributed by atoms with Crippen molar-refractivity contribution in [1.82, 2.24) is 10.1 Å². The molecule has 0 atom stereocenters. The Bertz CT molecular complexity index is 1260. The molecule has 1 aromatic carbocycles. The lowest BCUT2D eigenvalue weighted by atomic mass is 10.2. The maximum Gasteiger partial charge on any atom is 0.335 e. The summed E-state index contributed by atoms with van der Waals surface area (Å²) in [5, 5.41) is 1.00. The number of carbonyl (C=O) groups excluding carboxylic acids is 6. The number of rotatable bonds is 28. The van der Waals surface area contributed by atoms with Gasteiger partial charge in [-0.1, -0.05) is 5.92 Å². The van der Waals surface area contributed by atoms with E-state index in [9.17, 15) is 28.8 Å². The molecule has 0 spiro atoms. The van der Waals surface area contributed by atoms with Crippen LogP contribution < -0.4 is 9.47 Å². The van der Waals surface area contributed by atoms with E-state index >= 15 is 0 Å². The monoisotopic (exact) mass is 736 g/mol. The maximum absolute atomic E-state index is 11.7. The van der Waals surface area contributed by atoms with E-state index in [4.69, 9.17) is 54.0 Å². The van der Waals surface area contributed by atoms with Crippen LogP contribution in [-0.4, -0.2) is 138 Å². The van der Waals surface area contributed by atoms with Gasteiger partial charge in [0, 0.05) is 37.3 Å². The highest BCUT2D eigenvalue weighted by Gasteiger charge is 2.33. The summed E-state index contributed by atoms with van der Waals surface area (Å²) in [4.78, 5) is 78.7. The van der Waals surface area contributed by atoms with Crippen LogP contribution in [0.2, 0.25) is 0 Å². The van der Waals surface area contributed by atoms with Crippen LogP contribution in [0.15, 0.2) is 18.2 Å². The Labute approximate surface area is 300 Å². The molecule has 18 heteroatoms. The highest BCUT2D eigenvalue weighted by atomic mass is 16.7. The van der Waals surface area contributed by atoms with Crippen LogP contribution in [0.5, 0.6) is 11.5 Å². The number of imide groups is 2. The van der Waals surface area contributed by atoms with Gasteiger partial charge in [-0.05, 0) is 12.1 Å². The summed E-state index contributed by atoms with van der Waals surface area (Å²) >= 11 is 0. The van der Waals surface area contributed by atoms with E-state index in [0.717, 1.165) is 0 Å². The summed E-state index contributed by atoms with van der Waals surface area (Å²) in [7, 11) is 0. The molecule has 2 heterocycles. The molecule has 0 radical (unpaired) electrons. The van der Waals surface area contributed by atoms with Gasteiger partial charge in [0.05, 0.1) is 92.1 Å². The van der Waals surface area contributed by atoms with Gasteiger partial charge in [0.15, 0.2) is 0 Å². The third kappa shape index (κ3) is 16.6. The average molecular weight is 737 g/mol. The first-order valence-electron chi connectivity index (χ1n) is 16.7. The third-order valence-electron chi connectivity index (χ3n) is 6.83. The van der Waals surface area contributed by atoms with Gasteiger partial charge in [-0.3, -0.25) is 19.2 Å². The lowest BCUT2D eigenvalue weighted by molar-refractivity contribution is -0.198. The summed E-state index contributed by atoms with van der Waals surface area (Å²) in [5.74, 6) is 0.0440. The average Bonchev–Trinajstić information content (AvgIpc) is 3.62. The highest BCUT2D eigenvalue weighted by Crippen LogP contribution is 2.23. The van der Waals surface area contributed by atoms with Gasteiger partial charge in [-0.2, -0.15) is 0 Å². The van der Waals surface area contributed by atoms with Crippen molar-refractivity contribution < 1.29 is 76.3 Å². The fourth-order valence-electron chi connectivity index (χ4n) is 4.26. The SMILES string of the molecule is C#Cc1cc(OCCOCCOCCOCCC(=O)ON2C(=O)CCC2=O)cc(OCCOCCOCCOCCC(=O)ON2C(=O)CCC2=O)c1. The van der Waals surface area contributed by atoms with Crippen molar-refractivity contribution in [2.24, 2.45) is 0 Å². The number of nitrogens with zero attached hydrogens (tertiary/aromatic N) is 2. The fourth-order valence-corrected chi connectivity index (χ4v) is 4.26. The summed E-state index contributed by atoms with van der Waals surface area (Å²) in [6, 6.07) is 5.13. The van der Waals surface area contributed by atoms with Gasteiger partial charge < -0.3 is 47.6 Å². The Morgan fingerprint density at radius 3 is 1.13 bits per heavy atom. The van der Waals surface area contributed by atoms with Crippen LogP contribution >= 0.6 is 0 Å². The number of ether oxygens (including phenoxy) is 8. The molecule has 2 saturated heterocycles. The number of terminal acetylenes is 1. The third-order valence-corrected chi connectivity index (χ3v) is 6.83. The summed E-state index contributed by atoms with van der Waals surface area (Å²) < 4.78 is 43.9. The molecular weight excluding hydrogens is 692 g/mol. The molecule has 2 aliphatic rings. The molecule has 0 saturated carbocycles. The Balaban J connectivity index is 1.10. The lowest BCUT2D eigenvalue weighted by Crippen LogP contribution is -2.32. The lowest BCUT2D eigenvalue weighted by Gasteiger charge is -2.12. The van der Waals surface area contributed by atoms with E-state index in [1.807, 2.05) is 0 Å². The summed E-state index contributed by atoms with van der Waals surface area (Å²) in [6.45, 7) is 3.65. The molecule has 2 fully saturated rings. The second-order valence-corrected chi connectivity index (χ2v) is 10.8. The topological polar surface area (TPSA) is 201 Å². The molecular formula is C34H44N2O16. The maximum atomic E-state index is 11.7. The van der Waals surface area contributed by atoms with Gasteiger partial charge in [-0.15, -0.1) is 16.5 Å². The number of hydrogen-bond donors (Lipinski definition) is 0. The predicted octanol–water partition coefficient (Wildman–Crippen LogP) is 0.520. The van der Waals surface area contributed by atoms with Crippen LogP contribution in [-0.2, 0) is 66.9 Å². The van der Waals surface area contributed by atoms with E-state index in [-0.39, 0.29) is 91.4 Å². The minimum absolute atomic E-state index is 0.0391. The van der Waals surface area contributed by atoms with Gasteiger partial charge >= 0.3 is 11.9 Å². The van der Waals surface area contributed by atoms with Crippen LogP contribution in [0.1, 0.15) is 44.1 Å². The first kappa shape index (κ1) is 41.8. The minimum Gasteiger partial charge on any atom is -0.491 e. The van der Waals surface area contributed by atoms with Gasteiger partial charge in [-0.25, -0.2) is 9.59 Å². The molecule has 52 heavy (non-hydrogen) atoms. The van der Waals surface area contributed by atoms with Crippen LogP contribution in [0.3, 0.4) is 0 Å². The molecule has 4 amide bonds. The number of hydrogen-bond acceptors (Lipinski definition) is 16. The van der Waals surface area contributed by atoms with Gasteiger partial charge in [0.1, 0.15) is 24.7 Å². The van der Waals surface area contributed by atoms with Crippen LogP contribution in [0, 0.1) is 12.3 Å². The Kier molecular flexibility index (Phi) is 19.7. The van der Waals surface area contributed by atoms with Crippen molar-refractivity contribution >= 4 is 35.6 Å². The quantitative estimate of drug-likeness (QED) is 0.0654. The van der Waals surface area contributed by atoms with E-state index in [0.29, 0.717) is 66.8 Å². The second-order valence-electron chi connectivity index (χ2n) is 10.8. The normalized spacial score (nSPS) is 14.2. The highest BCUT2D eigenvalue weighted by molar-refractivity contribution is 6.02. The molecule has 3 rings (SSSR count). The molecule has 1 aromatic rings. The standard InChI is InChI=1S/C34H44N2O16/c1-2-26-23-27(49-21-19-47-17-15-45-13-11-43-9-7-33(41)51-35-29(37)3-4-30(35)38)25-28(24-26)50-22-20-48-18-16-46-14-12-44-10-8-34(42)52-36-31(39)5-6-32(36)40/h1,23-25H,3-22H2. The van der Waals surface area contributed by atoms with Gasteiger partial charge in [0.2, 0.25) is 0 Å². The van der Waals surface area contributed by atoms with Gasteiger partial charge in [0.25, 0.3) is 23.6 Å². The predicted molar refractivity (Wildman–Crippen MR) is 174 cm³/mol. The number of amides is 4. The number of benzene rings is 1. The summed E-state index contributed by atoms with van der Waals surface area (Å²) in [5.41, 5.74) is 0.586. The van der Waals surface area contributed by atoms with Crippen molar-refractivity contribution in [3.05, 3.63) is 23.8 Å². The fraction of sp³-hybridized carbons (Fsp3) is 0.588. The first-order chi connectivity index (χ1) is 25.3. The van der Waals surface area contributed by atoms with E-state index in [2.05, 4.69) is 5.92 Å². The number of carbonyl (C=O) groups is 6. The van der Waals surface area contributed by atoms with E-state index in [1.54, 1.807) is 18.2 Å². The second kappa shape index (κ2) is 24.5. The molecule has 0 N–H and O–H groups in total.